The third-order valence-electron chi connectivity index (χ3n) is 4.96. The number of halogens is 6. The molecule has 0 saturated carbocycles. The minimum absolute atomic E-state index is 0.0730. The Labute approximate surface area is 193 Å². The Balaban J connectivity index is 1.67. The molecule has 0 atom stereocenters. The molecule has 0 aliphatic carbocycles. The van der Waals surface area contributed by atoms with E-state index < -0.39 is 17.6 Å². The summed E-state index contributed by atoms with van der Waals surface area (Å²) in [6.07, 6.45) is -1.29. The van der Waals surface area contributed by atoms with Crippen LogP contribution in [0, 0.1) is 5.82 Å². The average Bonchev–Trinajstić information content (AvgIpc) is 2.73. The van der Waals surface area contributed by atoms with E-state index in [1.54, 1.807) is 6.20 Å². The quantitative estimate of drug-likeness (QED) is 0.315. The van der Waals surface area contributed by atoms with Gasteiger partial charge in [0.1, 0.15) is 11.6 Å². The molecular formula is C24H19Cl2F4NO. The van der Waals surface area contributed by atoms with Gasteiger partial charge >= 0.3 is 6.18 Å². The van der Waals surface area contributed by atoms with Gasteiger partial charge in [-0.25, -0.2) is 4.39 Å². The number of hydrogen-bond acceptors (Lipinski definition) is 2. The topological polar surface area (TPSA) is 30.0 Å². The van der Waals surface area contributed by atoms with Crippen molar-refractivity contribution in [1.82, 2.24) is 4.98 Å². The van der Waals surface area contributed by atoms with Crippen molar-refractivity contribution in [3.05, 3.63) is 98.5 Å². The van der Waals surface area contributed by atoms with Crippen LogP contribution in [0.25, 0.3) is 0 Å². The van der Waals surface area contributed by atoms with Gasteiger partial charge < -0.3 is 0 Å². The number of hydrogen-bond donors (Lipinski definition) is 0. The molecule has 3 aromatic rings. The highest BCUT2D eigenvalue weighted by Crippen LogP contribution is 2.36. The summed E-state index contributed by atoms with van der Waals surface area (Å²) in [6, 6.07) is 11.5. The lowest BCUT2D eigenvalue weighted by Crippen LogP contribution is -2.07. The van der Waals surface area contributed by atoms with Crippen molar-refractivity contribution >= 4 is 29.0 Å². The van der Waals surface area contributed by atoms with E-state index in [1.165, 1.54) is 18.2 Å². The number of Topliss-reactive ketones (excluding diaryl/α,β-unsaturated/α-hetero) is 1. The van der Waals surface area contributed by atoms with Crippen molar-refractivity contribution in [2.24, 2.45) is 0 Å². The lowest BCUT2D eigenvalue weighted by atomic mass is 9.98. The Hall–Kier alpha value is -2.44. The Morgan fingerprint density at radius 2 is 1.72 bits per heavy atom. The number of carbonyl (C=O) groups excluding carboxylic acids is 1. The summed E-state index contributed by atoms with van der Waals surface area (Å²) in [4.78, 5) is 16.5. The number of aromatic nitrogens is 1. The summed E-state index contributed by atoms with van der Waals surface area (Å²) in [5, 5.41) is -0.248. The smallest absolute Gasteiger partial charge is 0.299 e. The maximum absolute atomic E-state index is 14.3. The molecule has 2 aromatic carbocycles. The molecule has 32 heavy (non-hydrogen) atoms. The Kier molecular flexibility index (Phi) is 7.91. The summed E-state index contributed by atoms with van der Waals surface area (Å²) >= 11 is 12.1. The fraction of sp³-hybridized carbons (Fsp3) is 0.250. The van der Waals surface area contributed by atoms with E-state index in [0.29, 0.717) is 24.0 Å². The van der Waals surface area contributed by atoms with Gasteiger partial charge in [-0.15, -0.1) is 0 Å². The highest BCUT2D eigenvalue weighted by molar-refractivity contribution is 6.36. The fourth-order valence-corrected chi connectivity index (χ4v) is 3.95. The zero-order valence-corrected chi connectivity index (χ0v) is 18.4. The van der Waals surface area contributed by atoms with E-state index in [2.05, 4.69) is 4.98 Å². The standard InChI is InChI=1S/C24H19Cl2F4NO/c25-21-13-17(24(28,29)30)14-22(26)20(21)11-15-7-8-23(27)16(10-15)12-19(32)6-3-5-18-4-1-2-9-31-18/h1-2,4,7-10,13-14H,3,5-6,11-12H2. The molecule has 0 aliphatic rings. The number of carbonyl (C=O) groups is 1. The second kappa shape index (κ2) is 10.5. The number of alkyl halides is 3. The Morgan fingerprint density at radius 3 is 2.34 bits per heavy atom. The molecular weight excluding hydrogens is 465 g/mol. The molecule has 0 fully saturated rings. The van der Waals surface area contributed by atoms with Crippen molar-refractivity contribution < 1.29 is 22.4 Å². The maximum Gasteiger partial charge on any atom is 0.416 e. The van der Waals surface area contributed by atoms with E-state index in [9.17, 15) is 22.4 Å². The van der Waals surface area contributed by atoms with Crippen LogP contribution in [0.15, 0.2) is 54.7 Å². The molecule has 0 N–H and O–H groups in total. The number of aryl methyl sites for hydroxylation is 1. The summed E-state index contributed by atoms with van der Waals surface area (Å²) in [7, 11) is 0. The normalized spacial score (nSPS) is 11.6. The number of ketones is 1. The Bertz CT molecular complexity index is 1080. The van der Waals surface area contributed by atoms with Crippen molar-refractivity contribution in [3.63, 3.8) is 0 Å². The molecule has 0 unspecified atom stereocenters. The van der Waals surface area contributed by atoms with Crippen LogP contribution in [0.3, 0.4) is 0 Å². The first-order valence-corrected chi connectivity index (χ1v) is 10.6. The van der Waals surface area contributed by atoms with Gasteiger partial charge in [-0.2, -0.15) is 13.2 Å². The van der Waals surface area contributed by atoms with Crippen LogP contribution >= 0.6 is 23.2 Å². The second-order valence-corrected chi connectivity index (χ2v) is 8.22. The third kappa shape index (κ3) is 6.53. The molecule has 2 nitrogen and oxygen atoms in total. The van der Waals surface area contributed by atoms with E-state index in [4.69, 9.17) is 23.2 Å². The molecule has 3 rings (SSSR count). The number of rotatable bonds is 8. The molecule has 0 radical (unpaired) electrons. The predicted octanol–water partition coefficient (Wildman–Crippen LogP) is 7.27. The van der Waals surface area contributed by atoms with Crippen molar-refractivity contribution in [1.29, 1.82) is 0 Å². The molecule has 0 bridgehead atoms. The maximum atomic E-state index is 14.3. The minimum atomic E-state index is -4.56. The Morgan fingerprint density at radius 1 is 1.00 bits per heavy atom. The lowest BCUT2D eigenvalue weighted by Gasteiger charge is -2.13. The fourth-order valence-electron chi connectivity index (χ4n) is 3.33. The highest BCUT2D eigenvalue weighted by Gasteiger charge is 2.32. The first kappa shape index (κ1) is 24.2. The summed E-state index contributed by atoms with van der Waals surface area (Å²) < 4.78 is 53.0. The number of benzene rings is 2. The van der Waals surface area contributed by atoms with Gasteiger partial charge in [-0.05, 0) is 59.9 Å². The predicted molar refractivity (Wildman–Crippen MR) is 117 cm³/mol. The van der Waals surface area contributed by atoms with Crippen molar-refractivity contribution in [2.75, 3.05) is 0 Å². The van der Waals surface area contributed by atoms with Crippen LogP contribution in [0.5, 0.6) is 0 Å². The molecule has 8 heteroatoms. The first-order chi connectivity index (χ1) is 15.1. The second-order valence-electron chi connectivity index (χ2n) is 7.41. The molecule has 0 saturated heterocycles. The van der Waals surface area contributed by atoms with Gasteiger partial charge in [0.15, 0.2) is 0 Å². The molecule has 1 heterocycles. The van der Waals surface area contributed by atoms with Crippen LogP contribution in [0.1, 0.15) is 40.8 Å². The van der Waals surface area contributed by atoms with Gasteiger partial charge in [-0.3, -0.25) is 9.78 Å². The zero-order chi connectivity index (χ0) is 23.3. The molecule has 1 aromatic heterocycles. The van der Waals surface area contributed by atoms with E-state index in [0.717, 1.165) is 17.8 Å². The van der Waals surface area contributed by atoms with Gasteiger partial charge in [0.25, 0.3) is 0 Å². The average molecular weight is 484 g/mol. The number of nitrogens with zero attached hydrogens (tertiary/aromatic N) is 1. The van der Waals surface area contributed by atoms with E-state index in [1.807, 2.05) is 18.2 Å². The van der Waals surface area contributed by atoms with E-state index in [-0.39, 0.29) is 40.7 Å². The largest absolute Gasteiger partial charge is 0.416 e. The van der Waals surface area contributed by atoms with Gasteiger partial charge in [0.05, 0.1) is 5.56 Å². The van der Waals surface area contributed by atoms with Crippen LogP contribution in [-0.2, 0) is 30.2 Å². The monoisotopic (exact) mass is 483 g/mol. The van der Waals surface area contributed by atoms with Crippen molar-refractivity contribution in [2.45, 2.75) is 38.3 Å². The highest BCUT2D eigenvalue weighted by atomic mass is 35.5. The third-order valence-corrected chi connectivity index (χ3v) is 5.64. The SMILES string of the molecule is O=C(CCCc1ccccn1)Cc1cc(Cc2c(Cl)cc(C(F)(F)F)cc2Cl)ccc1F. The van der Waals surface area contributed by atoms with Crippen LogP contribution in [-0.4, -0.2) is 10.8 Å². The first-order valence-electron chi connectivity index (χ1n) is 9.87. The van der Waals surface area contributed by atoms with Crippen LogP contribution in [0.2, 0.25) is 10.0 Å². The summed E-state index contributed by atoms with van der Waals surface area (Å²) in [5.74, 6) is -0.626. The number of pyridine rings is 1. The van der Waals surface area contributed by atoms with Gasteiger partial charge in [0, 0.05) is 41.2 Å². The zero-order valence-electron chi connectivity index (χ0n) is 16.9. The van der Waals surface area contributed by atoms with Crippen molar-refractivity contribution in [3.8, 4) is 0 Å². The molecule has 0 aliphatic heterocycles. The van der Waals surface area contributed by atoms with Crippen LogP contribution in [0.4, 0.5) is 17.6 Å². The minimum Gasteiger partial charge on any atom is -0.299 e. The van der Waals surface area contributed by atoms with Gasteiger partial charge in [0.2, 0.25) is 0 Å². The van der Waals surface area contributed by atoms with Crippen LogP contribution < -0.4 is 0 Å². The van der Waals surface area contributed by atoms with E-state index >= 15 is 0 Å². The molecule has 0 amide bonds. The lowest BCUT2D eigenvalue weighted by molar-refractivity contribution is -0.137. The van der Waals surface area contributed by atoms with Gasteiger partial charge in [-0.1, -0.05) is 41.4 Å². The summed E-state index contributed by atoms with van der Waals surface area (Å²) in [6.45, 7) is 0. The summed E-state index contributed by atoms with van der Waals surface area (Å²) in [5.41, 5.74) is 1.07. The molecule has 0 spiro atoms. The molecule has 168 valence electrons.